The zero-order valence-electron chi connectivity index (χ0n) is 23.7. The van der Waals surface area contributed by atoms with E-state index in [2.05, 4.69) is 10.3 Å². The number of aryl methyl sites for hydroxylation is 1. The molecule has 0 fully saturated rings. The number of hydrogen-bond acceptors (Lipinski definition) is 7. The number of aromatic amines is 1. The Bertz CT molecular complexity index is 1700. The van der Waals surface area contributed by atoms with Crippen LogP contribution in [-0.4, -0.2) is 62.1 Å². The number of H-pyrrole nitrogens is 1. The van der Waals surface area contributed by atoms with Gasteiger partial charge in [-0.25, -0.2) is 4.98 Å². The second-order valence-electron chi connectivity index (χ2n) is 9.68. The van der Waals surface area contributed by atoms with Crippen molar-refractivity contribution in [3.63, 3.8) is 0 Å². The van der Waals surface area contributed by atoms with Crippen LogP contribution in [0.5, 0.6) is 23.0 Å². The van der Waals surface area contributed by atoms with E-state index in [0.29, 0.717) is 57.1 Å². The van der Waals surface area contributed by atoms with Crippen molar-refractivity contribution < 1.29 is 28.8 Å². The molecule has 9 heteroatoms. The predicted molar refractivity (Wildman–Crippen MR) is 158 cm³/mol. The van der Waals surface area contributed by atoms with Gasteiger partial charge in [-0.05, 0) is 61.4 Å². The number of amides is 1. The number of carbonyl (C=O) groups is 1. The third-order valence-corrected chi connectivity index (χ3v) is 7.25. The average molecular weight is 556 g/mol. The van der Waals surface area contributed by atoms with E-state index in [1.165, 1.54) is 0 Å². The standard InChI is InChI=1S/C32H33N3O6/c1-18-23(22-8-6-7-9-26(22)33-18)14-20(17-36)34-32(37)25-16-28(35-27-11-10-21(38-2)15-24(25)27)19-12-29(39-3)31(41-5)30(13-19)40-4/h6-13,15-16,20,33,36H,14,17H2,1-5H3,(H,34,37)/t20-/m1/s1. The summed E-state index contributed by atoms with van der Waals surface area (Å²) in [6.45, 7) is 1.77. The van der Waals surface area contributed by atoms with Crippen LogP contribution in [0, 0.1) is 6.92 Å². The van der Waals surface area contributed by atoms with E-state index in [0.717, 1.165) is 22.2 Å². The molecule has 3 aromatic carbocycles. The first kappa shape index (κ1) is 27.8. The van der Waals surface area contributed by atoms with Gasteiger partial charge in [0.05, 0.1) is 57.9 Å². The van der Waals surface area contributed by atoms with Crippen LogP contribution < -0.4 is 24.3 Å². The SMILES string of the molecule is COc1ccc2nc(-c3cc(OC)c(OC)c(OC)c3)cc(C(=O)N[C@@H](CO)Cc3c(C)[nH]c4ccccc34)c2c1. The van der Waals surface area contributed by atoms with E-state index >= 15 is 0 Å². The lowest BCUT2D eigenvalue weighted by atomic mass is 10.0. The molecule has 212 valence electrons. The maximum absolute atomic E-state index is 13.9. The molecular weight excluding hydrogens is 522 g/mol. The molecule has 5 rings (SSSR count). The van der Waals surface area contributed by atoms with Crippen LogP contribution in [0.1, 0.15) is 21.6 Å². The second-order valence-corrected chi connectivity index (χ2v) is 9.68. The Morgan fingerprint density at radius 3 is 2.32 bits per heavy atom. The van der Waals surface area contributed by atoms with Gasteiger partial charge in [-0.15, -0.1) is 0 Å². The number of carbonyl (C=O) groups excluding carboxylic acids is 1. The van der Waals surface area contributed by atoms with Gasteiger partial charge < -0.3 is 34.4 Å². The average Bonchev–Trinajstić information content (AvgIpc) is 3.33. The highest BCUT2D eigenvalue weighted by molar-refractivity contribution is 6.07. The molecule has 1 atom stereocenters. The molecule has 9 nitrogen and oxygen atoms in total. The topological polar surface area (TPSA) is 115 Å². The zero-order valence-corrected chi connectivity index (χ0v) is 23.7. The van der Waals surface area contributed by atoms with E-state index in [4.69, 9.17) is 23.9 Å². The number of aliphatic hydroxyl groups excluding tert-OH is 1. The molecule has 3 N–H and O–H groups in total. The lowest BCUT2D eigenvalue weighted by molar-refractivity contribution is 0.0918. The van der Waals surface area contributed by atoms with Crippen molar-refractivity contribution >= 4 is 27.7 Å². The third kappa shape index (κ3) is 5.36. The van der Waals surface area contributed by atoms with Crippen molar-refractivity contribution in [1.82, 2.24) is 15.3 Å². The Morgan fingerprint density at radius 1 is 0.927 bits per heavy atom. The van der Waals surface area contributed by atoms with Gasteiger partial charge >= 0.3 is 0 Å². The second kappa shape index (κ2) is 11.8. The highest BCUT2D eigenvalue weighted by Crippen LogP contribution is 2.41. The van der Waals surface area contributed by atoms with E-state index in [1.54, 1.807) is 58.8 Å². The zero-order chi connectivity index (χ0) is 29.1. The van der Waals surface area contributed by atoms with Gasteiger partial charge in [0.15, 0.2) is 11.5 Å². The number of pyridine rings is 1. The minimum absolute atomic E-state index is 0.225. The molecule has 0 saturated heterocycles. The minimum Gasteiger partial charge on any atom is -0.497 e. The Balaban J connectivity index is 1.56. The van der Waals surface area contributed by atoms with Gasteiger partial charge in [0.25, 0.3) is 5.91 Å². The van der Waals surface area contributed by atoms with Crippen LogP contribution in [0.4, 0.5) is 0 Å². The highest BCUT2D eigenvalue weighted by atomic mass is 16.5. The maximum atomic E-state index is 13.9. The normalized spacial score (nSPS) is 11.9. The minimum atomic E-state index is -0.515. The fraction of sp³-hybridized carbons (Fsp3) is 0.250. The number of methoxy groups -OCH3 is 4. The van der Waals surface area contributed by atoms with Gasteiger partial charge in [0, 0.05) is 27.5 Å². The maximum Gasteiger partial charge on any atom is 0.252 e. The van der Waals surface area contributed by atoms with Crippen LogP contribution in [0.15, 0.2) is 60.7 Å². The van der Waals surface area contributed by atoms with Gasteiger partial charge in [0.1, 0.15) is 5.75 Å². The lowest BCUT2D eigenvalue weighted by Crippen LogP contribution is -2.39. The fourth-order valence-electron chi connectivity index (χ4n) is 5.17. The molecule has 2 heterocycles. The van der Waals surface area contributed by atoms with Crippen molar-refractivity contribution in [2.45, 2.75) is 19.4 Å². The lowest BCUT2D eigenvalue weighted by Gasteiger charge is -2.19. The number of hydrogen-bond donors (Lipinski definition) is 3. The van der Waals surface area contributed by atoms with Crippen molar-refractivity contribution in [3.8, 4) is 34.3 Å². The molecule has 0 aliphatic rings. The highest BCUT2D eigenvalue weighted by Gasteiger charge is 2.22. The number of aromatic nitrogens is 2. The first-order chi connectivity index (χ1) is 19.9. The number of rotatable bonds is 10. The number of fused-ring (bicyclic) bond motifs is 2. The summed E-state index contributed by atoms with van der Waals surface area (Å²) in [5.74, 6) is 1.66. The summed E-state index contributed by atoms with van der Waals surface area (Å²) in [5.41, 5.74) is 5.30. The molecule has 0 aliphatic heterocycles. The number of nitrogens with zero attached hydrogens (tertiary/aromatic N) is 1. The molecule has 0 bridgehead atoms. The summed E-state index contributed by atoms with van der Waals surface area (Å²) in [5, 5.41) is 15.0. The molecule has 0 unspecified atom stereocenters. The molecule has 5 aromatic rings. The van der Waals surface area contributed by atoms with E-state index in [1.807, 2.05) is 37.3 Å². The third-order valence-electron chi connectivity index (χ3n) is 7.25. The van der Waals surface area contributed by atoms with E-state index < -0.39 is 6.04 Å². The predicted octanol–water partition coefficient (Wildman–Crippen LogP) is 5.06. The quantitative estimate of drug-likeness (QED) is 0.221. The first-order valence-electron chi connectivity index (χ1n) is 13.2. The van der Waals surface area contributed by atoms with Crippen molar-refractivity contribution in [2.24, 2.45) is 0 Å². The Labute approximate surface area is 238 Å². The van der Waals surface area contributed by atoms with Gasteiger partial charge in [-0.3, -0.25) is 4.79 Å². The summed E-state index contributed by atoms with van der Waals surface area (Å²) in [4.78, 5) is 22.1. The molecule has 0 aliphatic carbocycles. The number of ether oxygens (including phenoxy) is 4. The van der Waals surface area contributed by atoms with Crippen LogP contribution >= 0.6 is 0 Å². The van der Waals surface area contributed by atoms with E-state index in [9.17, 15) is 9.90 Å². The van der Waals surface area contributed by atoms with Crippen LogP contribution in [0.3, 0.4) is 0 Å². The smallest absolute Gasteiger partial charge is 0.252 e. The molecular formula is C32H33N3O6. The Hall–Kier alpha value is -4.76. The van der Waals surface area contributed by atoms with Gasteiger partial charge in [-0.2, -0.15) is 0 Å². The number of nitrogens with one attached hydrogen (secondary N) is 2. The summed E-state index contributed by atoms with van der Waals surface area (Å²) in [6.07, 6.45) is 0.462. The largest absolute Gasteiger partial charge is 0.497 e. The first-order valence-corrected chi connectivity index (χ1v) is 13.2. The van der Waals surface area contributed by atoms with Gasteiger partial charge in [0.2, 0.25) is 5.75 Å². The number of para-hydroxylation sites is 1. The monoisotopic (exact) mass is 555 g/mol. The summed E-state index contributed by atoms with van der Waals surface area (Å²) < 4.78 is 22.0. The number of aliphatic hydroxyl groups is 1. The summed E-state index contributed by atoms with van der Waals surface area (Å²) >= 11 is 0. The van der Waals surface area contributed by atoms with Crippen molar-refractivity contribution in [3.05, 3.63) is 77.5 Å². The number of benzene rings is 3. The van der Waals surface area contributed by atoms with Crippen molar-refractivity contribution in [2.75, 3.05) is 35.0 Å². The fourth-order valence-corrected chi connectivity index (χ4v) is 5.17. The Morgan fingerprint density at radius 2 is 1.66 bits per heavy atom. The Kier molecular flexibility index (Phi) is 7.98. The molecule has 41 heavy (non-hydrogen) atoms. The van der Waals surface area contributed by atoms with Crippen LogP contribution in [0.25, 0.3) is 33.1 Å². The molecule has 2 aromatic heterocycles. The molecule has 0 radical (unpaired) electrons. The van der Waals surface area contributed by atoms with E-state index in [-0.39, 0.29) is 12.5 Å². The van der Waals surface area contributed by atoms with Gasteiger partial charge in [-0.1, -0.05) is 18.2 Å². The summed E-state index contributed by atoms with van der Waals surface area (Å²) in [7, 11) is 6.21. The van der Waals surface area contributed by atoms with Crippen LogP contribution in [0.2, 0.25) is 0 Å². The van der Waals surface area contributed by atoms with Crippen LogP contribution in [-0.2, 0) is 6.42 Å². The molecule has 0 spiro atoms. The molecule has 0 saturated carbocycles. The van der Waals surface area contributed by atoms with Crippen molar-refractivity contribution in [1.29, 1.82) is 0 Å². The molecule has 1 amide bonds. The summed E-state index contributed by atoms with van der Waals surface area (Å²) in [6, 6.07) is 18.2.